The summed E-state index contributed by atoms with van der Waals surface area (Å²) < 4.78 is 5.82. The summed E-state index contributed by atoms with van der Waals surface area (Å²) in [7, 11) is 0. The molecule has 0 aliphatic rings. The Labute approximate surface area is 143 Å². The number of nitrogens with two attached hydrogens (primary N) is 1. The molecule has 0 aliphatic heterocycles. The van der Waals surface area contributed by atoms with E-state index in [9.17, 15) is 0 Å². The molecule has 0 spiro atoms. The third-order valence-corrected chi connectivity index (χ3v) is 19.0. The van der Waals surface area contributed by atoms with Crippen molar-refractivity contribution in [3.8, 4) is 0 Å². The first-order chi connectivity index (χ1) is 11.4. The molecular formula is C21H23NSn. The molecule has 3 aromatic carbocycles. The van der Waals surface area contributed by atoms with Crippen LogP contribution in [0.2, 0.25) is 4.44 Å². The Morgan fingerprint density at radius 2 is 0.913 bits per heavy atom. The predicted octanol–water partition coefficient (Wildman–Crippen LogP) is 2.51. The zero-order valence-corrected chi connectivity index (χ0v) is 16.2. The van der Waals surface area contributed by atoms with Gasteiger partial charge in [-0.1, -0.05) is 0 Å². The van der Waals surface area contributed by atoms with Crippen molar-refractivity contribution < 1.29 is 0 Å². The Hall–Kier alpha value is -1.58. The molecular weight excluding hydrogens is 385 g/mol. The van der Waals surface area contributed by atoms with Crippen molar-refractivity contribution in [3.63, 3.8) is 0 Å². The molecule has 0 aromatic heterocycles. The van der Waals surface area contributed by atoms with Crippen LogP contribution in [0.1, 0.15) is 6.42 Å². The molecule has 3 rings (SSSR count). The molecule has 0 aliphatic carbocycles. The van der Waals surface area contributed by atoms with Gasteiger partial charge in [0.1, 0.15) is 0 Å². The van der Waals surface area contributed by atoms with Gasteiger partial charge in [-0.2, -0.15) is 0 Å². The van der Waals surface area contributed by atoms with Gasteiger partial charge in [0.15, 0.2) is 0 Å². The summed E-state index contributed by atoms with van der Waals surface area (Å²) in [5.41, 5.74) is 5.90. The zero-order valence-electron chi connectivity index (χ0n) is 13.4. The van der Waals surface area contributed by atoms with E-state index in [0.717, 1.165) is 13.0 Å². The van der Waals surface area contributed by atoms with Crippen molar-refractivity contribution in [1.29, 1.82) is 0 Å². The van der Waals surface area contributed by atoms with Crippen molar-refractivity contribution in [2.45, 2.75) is 10.9 Å². The van der Waals surface area contributed by atoms with Crippen molar-refractivity contribution in [3.05, 3.63) is 91.0 Å². The number of benzene rings is 3. The van der Waals surface area contributed by atoms with Crippen LogP contribution in [0.4, 0.5) is 0 Å². The van der Waals surface area contributed by atoms with E-state index >= 15 is 0 Å². The van der Waals surface area contributed by atoms with E-state index in [1.54, 1.807) is 0 Å². The average molecular weight is 408 g/mol. The Bertz CT molecular complexity index is 614. The van der Waals surface area contributed by atoms with Crippen LogP contribution in [0.15, 0.2) is 91.0 Å². The summed E-state index contributed by atoms with van der Waals surface area (Å²) in [6.45, 7) is 0.755. The topological polar surface area (TPSA) is 26.0 Å². The molecule has 116 valence electrons. The van der Waals surface area contributed by atoms with Crippen LogP contribution in [-0.2, 0) is 0 Å². The van der Waals surface area contributed by atoms with E-state index in [1.165, 1.54) is 15.2 Å². The molecule has 0 unspecified atom stereocenters. The van der Waals surface area contributed by atoms with Gasteiger partial charge in [-0.15, -0.1) is 0 Å². The fraction of sp³-hybridized carbons (Fsp3) is 0.143. The second-order valence-corrected chi connectivity index (χ2v) is 17.4. The van der Waals surface area contributed by atoms with Crippen LogP contribution in [0.3, 0.4) is 0 Å². The predicted molar refractivity (Wildman–Crippen MR) is 102 cm³/mol. The van der Waals surface area contributed by atoms with Crippen molar-refractivity contribution in [1.82, 2.24) is 0 Å². The summed E-state index contributed by atoms with van der Waals surface area (Å²) in [4.78, 5) is 0. The first-order valence-electron chi connectivity index (χ1n) is 8.24. The van der Waals surface area contributed by atoms with E-state index < -0.39 is 18.4 Å². The fourth-order valence-corrected chi connectivity index (χ4v) is 17.4. The summed E-state index contributed by atoms with van der Waals surface area (Å²) in [6.07, 6.45) is 1.08. The van der Waals surface area contributed by atoms with E-state index in [4.69, 9.17) is 5.73 Å². The summed E-state index contributed by atoms with van der Waals surface area (Å²) in [6, 6.07) is 33.3. The number of hydrogen-bond acceptors (Lipinski definition) is 1. The third-order valence-electron chi connectivity index (χ3n) is 4.56. The Morgan fingerprint density at radius 1 is 0.565 bits per heavy atom. The first-order valence-corrected chi connectivity index (χ1v) is 14.5. The number of hydrogen-bond donors (Lipinski definition) is 1. The molecule has 0 radical (unpaired) electrons. The molecule has 1 nitrogen and oxygen atoms in total. The van der Waals surface area contributed by atoms with E-state index in [1.807, 2.05) is 0 Å². The molecule has 2 N–H and O–H groups in total. The van der Waals surface area contributed by atoms with Gasteiger partial charge in [0.05, 0.1) is 0 Å². The SMILES string of the molecule is NCC[CH2][Sn]([c]1ccccc1)([c]1ccccc1)[c]1ccccc1. The molecule has 0 amide bonds. The minimum absolute atomic E-state index is 0.755. The monoisotopic (exact) mass is 409 g/mol. The van der Waals surface area contributed by atoms with Crippen LogP contribution in [0.5, 0.6) is 0 Å². The second kappa shape index (κ2) is 7.80. The van der Waals surface area contributed by atoms with E-state index in [-0.39, 0.29) is 0 Å². The summed E-state index contributed by atoms with van der Waals surface area (Å²) in [5.74, 6) is 0. The van der Waals surface area contributed by atoms with E-state index in [2.05, 4.69) is 91.0 Å². The molecule has 0 heterocycles. The normalized spacial score (nSPS) is 11.3. The van der Waals surface area contributed by atoms with Gasteiger partial charge in [0, 0.05) is 0 Å². The van der Waals surface area contributed by atoms with Gasteiger partial charge in [0.2, 0.25) is 0 Å². The molecule has 3 aromatic rings. The Kier molecular flexibility index (Phi) is 5.52. The van der Waals surface area contributed by atoms with Gasteiger partial charge in [-0.3, -0.25) is 0 Å². The maximum atomic E-state index is 5.90. The Balaban J connectivity index is 2.25. The van der Waals surface area contributed by atoms with Crippen LogP contribution in [0.25, 0.3) is 0 Å². The Morgan fingerprint density at radius 3 is 1.22 bits per heavy atom. The van der Waals surface area contributed by atoms with Crippen LogP contribution >= 0.6 is 0 Å². The zero-order chi connectivity index (χ0) is 16.0. The van der Waals surface area contributed by atoms with Crippen molar-refractivity contribution in [2.24, 2.45) is 5.73 Å². The molecule has 0 atom stereocenters. The second-order valence-electron chi connectivity index (χ2n) is 5.90. The van der Waals surface area contributed by atoms with Crippen LogP contribution in [-0.4, -0.2) is 24.9 Å². The minimum atomic E-state index is -2.98. The van der Waals surface area contributed by atoms with Gasteiger partial charge in [0.25, 0.3) is 0 Å². The maximum absolute atomic E-state index is 5.90. The van der Waals surface area contributed by atoms with Gasteiger partial charge in [-0.25, -0.2) is 0 Å². The van der Waals surface area contributed by atoms with Crippen LogP contribution < -0.4 is 16.5 Å². The van der Waals surface area contributed by atoms with Gasteiger partial charge < -0.3 is 0 Å². The standard InChI is InChI=1S/3C6H5.C3H8N.Sn/c3*1-2-4-6-5-3-1;1-2-3-4;/h3*1-5H;1-4H2;. The average Bonchev–Trinajstić information content (AvgIpc) is 2.65. The molecule has 2 heteroatoms. The fourth-order valence-electron chi connectivity index (χ4n) is 3.47. The molecule has 0 bridgehead atoms. The van der Waals surface area contributed by atoms with Crippen LogP contribution in [0, 0.1) is 0 Å². The van der Waals surface area contributed by atoms with E-state index in [0.29, 0.717) is 0 Å². The first kappa shape index (κ1) is 16.3. The molecule has 0 saturated carbocycles. The van der Waals surface area contributed by atoms with Crippen molar-refractivity contribution >= 4 is 29.1 Å². The molecule has 0 saturated heterocycles. The summed E-state index contributed by atoms with van der Waals surface area (Å²) in [5, 5.41) is 0. The third kappa shape index (κ3) is 3.36. The van der Waals surface area contributed by atoms with Gasteiger partial charge >= 0.3 is 143 Å². The van der Waals surface area contributed by atoms with Gasteiger partial charge in [-0.05, 0) is 0 Å². The summed E-state index contributed by atoms with van der Waals surface area (Å²) >= 11 is -2.98. The van der Waals surface area contributed by atoms with Crippen molar-refractivity contribution in [2.75, 3.05) is 6.54 Å². The quantitative estimate of drug-likeness (QED) is 0.624. The number of rotatable bonds is 6. The molecule has 23 heavy (non-hydrogen) atoms. The molecule has 0 fully saturated rings.